The van der Waals surface area contributed by atoms with Crippen molar-refractivity contribution in [2.24, 2.45) is 0 Å². The Balaban J connectivity index is 2.17. The van der Waals surface area contributed by atoms with Crippen molar-refractivity contribution in [1.82, 2.24) is 0 Å². The topological polar surface area (TPSA) is 50.4 Å². The maximum absolute atomic E-state index is 11.2. The van der Waals surface area contributed by atoms with Gasteiger partial charge in [0.05, 0.1) is 10.1 Å². The van der Waals surface area contributed by atoms with Crippen molar-refractivity contribution < 1.29 is 14.3 Å². The highest BCUT2D eigenvalue weighted by molar-refractivity contribution is 7.71. The number of hydrogen-bond donors (Lipinski definition) is 1. The predicted octanol–water partition coefficient (Wildman–Crippen LogP) is 5.76. The standard InChI is InChI=1S/C21H16O3S/c1-2-6-16-18(11-9-14-7-4-3-5-8-14)24-19-12-10-15(21(22)23)13-17(19)20(16)25/h2-5,7-13H,1,6H2,(H,22,23)/b11-9+. The van der Waals surface area contributed by atoms with Gasteiger partial charge < -0.3 is 9.52 Å². The van der Waals surface area contributed by atoms with E-state index in [2.05, 4.69) is 6.58 Å². The molecule has 0 amide bonds. The molecule has 2 aromatic carbocycles. The highest BCUT2D eigenvalue weighted by Crippen LogP contribution is 2.26. The Morgan fingerprint density at radius 3 is 2.60 bits per heavy atom. The lowest BCUT2D eigenvalue weighted by molar-refractivity contribution is 0.0697. The van der Waals surface area contributed by atoms with Crippen LogP contribution in [0.25, 0.3) is 23.1 Å². The molecule has 0 radical (unpaired) electrons. The van der Waals surface area contributed by atoms with Gasteiger partial charge in [0.2, 0.25) is 0 Å². The molecule has 3 aromatic rings. The molecular weight excluding hydrogens is 332 g/mol. The molecule has 0 bridgehead atoms. The monoisotopic (exact) mass is 348 g/mol. The van der Waals surface area contributed by atoms with E-state index < -0.39 is 5.97 Å². The summed E-state index contributed by atoms with van der Waals surface area (Å²) in [5.41, 5.74) is 2.63. The first-order valence-corrected chi connectivity index (χ1v) is 8.18. The maximum Gasteiger partial charge on any atom is 0.335 e. The van der Waals surface area contributed by atoms with Crippen LogP contribution in [0.3, 0.4) is 0 Å². The van der Waals surface area contributed by atoms with Gasteiger partial charge in [0.1, 0.15) is 11.3 Å². The zero-order valence-electron chi connectivity index (χ0n) is 13.4. The average Bonchev–Trinajstić information content (AvgIpc) is 2.63. The first kappa shape index (κ1) is 16.9. The lowest BCUT2D eigenvalue weighted by Crippen LogP contribution is -1.97. The Hall–Kier alpha value is -2.98. The van der Waals surface area contributed by atoms with E-state index in [1.807, 2.05) is 42.5 Å². The minimum absolute atomic E-state index is 0.186. The molecule has 0 aliphatic heterocycles. The van der Waals surface area contributed by atoms with Gasteiger partial charge in [-0.05, 0) is 36.3 Å². The zero-order valence-corrected chi connectivity index (χ0v) is 14.3. The van der Waals surface area contributed by atoms with E-state index in [9.17, 15) is 9.90 Å². The molecule has 0 atom stereocenters. The van der Waals surface area contributed by atoms with Crippen molar-refractivity contribution in [3.05, 3.63) is 88.1 Å². The van der Waals surface area contributed by atoms with Crippen LogP contribution in [0.4, 0.5) is 0 Å². The number of carboxylic acids is 1. The summed E-state index contributed by atoms with van der Waals surface area (Å²) in [5, 5.41) is 9.81. The van der Waals surface area contributed by atoms with Gasteiger partial charge in [-0.2, -0.15) is 0 Å². The highest BCUT2D eigenvalue weighted by Gasteiger charge is 2.11. The number of hydrogen-bond acceptors (Lipinski definition) is 3. The molecule has 1 N–H and O–H groups in total. The summed E-state index contributed by atoms with van der Waals surface area (Å²) < 4.78 is 6.58. The van der Waals surface area contributed by atoms with E-state index in [1.54, 1.807) is 18.2 Å². The zero-order chi connectivity index (χ0) is 17.8. The Labute approximate surface area is 150 Å². The third-order valence-electron chi connectivity index (χ3n) is 3.84. The SMILES string of the molecule is C=CCc1c(/C=C/c2ccccc2)oc2ccc(C(=O)O)cc2c1=S. The molecule has 0 aliphatic carbocycles. The molecular formula is C21H16O3S. The molecule has 0 saturated carbocycles. The summed E-state index contributed by atoms with van der Waals surface area (Å²) in [7, 11) is 0. The van der Waals surface area contributed by atoms with Gasteiger partial charge in [0, 0.05) is 10.9 Å². The van der Waals surface area contributed by atoms with E-state index in [4.69, 9.17) is 16.6 Å². The number of rotatable bonds is 5. The van der Waals surface area contributed by atoms with Gasteiger partial charge in [0.25, 0.3) is 0 Å². The Bertz CT molecular complexity index is 1030. The van der Waals surface area contributed by atoms with Crippen molar-refractivity contribution in [3.8, 4) is 0 Å². The molecule has 0 aliphatic rings. The van der Waals surface area contributed by atoms with Gasteiger partial charge in [-0.15, -0.1) is 6.58 Å². The average molecular weight is 348 g/mol. The highest BCUT2D eigenvalue weighted by atomic mass is 32.1. The number of aromatic carboxylic acids is 1. The van der Waals surface area contributed by atoms with E-state index >= 15 is 0 Å². The van der Waals surface area contributed by atoms with E-state index in [0.717, 1.165) is 11.1 Å². The van der Waals surface area contributed by atoms with Crippen LogP contribution in [0.15, 0.2) is 65.6 Å². The van der Waals surface area contributed by atoms with Crippen molar-refractivity contribution in [3.63, 3.8) is 0 Å². The summed E-state index contributed by atoms with van der Waals surface area (Å²) in [6, 6.07) is 14.6. The van der Waals surface area contributed by atoms with E-state index in [-0.39, 0.29) is 5.56 Å². The fourth-order valence-electron chi connectivity index (χ4n) is 2.59. The van der Waals surface area contributed by atoms with Crippen LogP contribution < -0.4 is 0 Å². The molecule has 1 aromatic heterocycles. The summed E-state index contributed by atoms with van der Waals surface area (Å²) in [6.45, 7) is 3.78. The largest absolute Gasteiger partial charge is 0.478 e. The summed E-state index contributed by atoms with van der Waals surface area (Å²) in [5.74, 6) is -0.334. The van der Waals surface area contributed by atoms with Crippen molar-refractivity contribution in [1.29, 1.82) is 0 Å². The normalized spacial score (nSPS) is 11.0. The fourth-order valence-corrected chi connectivity index (χ4v) is 2.94. The number of carbonyl (C=O) groups is 1. The smallest absolute Gasteiger partial charge is 0.335 e. The van der Waals surface area contributed by atoms with E-state index in [0.29, 0.717) is 27.7 Å². The quantitative estimate of drug-likeness (QED) is 0.470. The van der Waals surface area contributed by atoms with Crippen LogP contribution in [0.2, 0.25) is 0 Å². The van der Waals surface area contributed by atoms with Gasteiger partial charge in [-0.3, -0.25) is 0 Å². The van der Waals surface area contributed by atoms with Crippen LogP contribution >= 0.6 is 12.2 Å². The molecule has 3 rings (SSSR count). The number of carboxylic acid groups (broad SMARTS) is 1. The Morgan fingerprint density at radius 2 is 1.92 bits per heavy atom. The first-order valence-electron chi connectivity index (χ1n) is 7.77. The molecule has 0 saturated heterocycles. The molecule has 0 fully saturated rings. The molecule has 25 heavy (non-hydrogen) atoms. The second kappa shape index (κ2) is 7.28. The minimum Gasteiger partial charge on any atom is -0.478 e. The van der Waals surface area contributed by atoms with E-state index in [1.165, 1.54) is 6.07 Å². The third kappa shape index (κ3) is 3.59. The maximum atomic E-state index is 11.2. The molecule has 1 heterocycles. The van der Waals surface area contributed by atoms with Crippen LogP contribution in [-0.4, -0.2) is 11.1 Å². The molecule has 0 spiro atoms. The van der Waals surface area contributed by atoms with Crippen molar-refractivity contribution in [2.45, 2.75) is 6.42 Å². The number of benzene rings is 2. The van der Waals surface area contributed by atoms with Gasteiger partial charge in [-0.25, -0.2) is 4.79 Å². The van der Waals surface area contributed by atoms with Crippen LogP contribution in [0.5, 0.6) is 0 Å². The molecule has 0 unspecified atom stereocenters. The predicted molar refractivity (Wildman–Crippen MR) is 103 cm³/mol. The van der Waals surface area contributed by atoms with Crippen molar-refractivity contribution in [2.75, 3.05) is 0 Å². The van der Waals surface area contributed by atoms with Crippen LogP contribution in [-0.2, 0) is 6.42 Å². The fraction of sp³-hybridized carbons (Fsp3) is 0.0476. The second-order valence-corrected chi connectivity index (χ2v) is 5.94. The Kier molecular flexibility index (Phi) is 4.91. The van der Waals surface area contributed by atoms with Gasteiger partial charge >= 0.3 is 5.97 Å². The molecule has 3 nitrogen and oxygen atoms in total. The summed E-state index contributed by atoms with van der Waals surface area (Å²) in [4.78, 5) is 11.2. The van der Waals surface area contributed by atoms with Gasteiger partial charge in [0.15, 0.2) is 0 Å². The minimum atomic E-state index is -0.991. The Morgan fingerprint density at radius 1 is 1.16 bits per heavy atom. The lowest BCUT2D eigenvalue weighted by Gasteiger charge is -2.08. The third-order valence-corrected chi connectivity index (χ3v) is 4.30. The number of allylic oxidation sites excluding steroid dienone is 1. The summed E-state index contributed by atoms with van der Waals surface area (Å²) >= 11 is 5.59. The first-order chi connectivity index (χ1) is 12.1. The van der Waals surface area contributed by atoms with Gasteiger partial charge in [-0.1, -0.05) is 54.7 Å². The lowest BCUT2D eigenvalue weighted by atomic mass is 10.1. The van der Waals surface area contributed by atoms with Crippen LogP contribution in [0, 0.1) is 4.51 Å². The van der Waals surface area contributed by atoms with Crippen LogP contribution in [0.1, 0.15) is 27.2 Å². The number of fused-ring (bicyclic) bond motifs is 1. The summed E-state index contributed by atoms with van der Waals surface area (Å²) in [6.07, 6.45) is 6.14. The molecule has 4 heteroatoms. The molecule has 124 valence electrons. The van der Waals surface area contributed by atoms with Crippen molar-refractivity contribution >= 4 is 41.3 Å². The second-order valence-electron chi connectivity index (χ2n) is 5.53.